The summed E-state index contributed by atoms with van der Waals surface area (Å²) in [6.45, 7) is 1.97. The van der Waals surface area contributed by atoms with Crippen molar-refractivity contribution in [3.05, 3.63) is 47.4 Å². The van der Waals surface area contributed by atoms with E-state index in [-0.39, 0.29) is 12.8 Å². The Bertz CT molecular complexity index is 566. The number of rotatable bonds is 5. The van der Waals surface area contributed by atoms with Gasteiger partial charge in [-0.1, -0.05) is 30.3 Å². The Morgan fingerprint density at radius 1 is 1.32 bits per heavy atom. The Morgan fingerprint density at radius 2 is 2.00 bits per heavy atom. The summed E-state index contributed by atoms with van der Waals surface area (Å²) in [7, 11) is -3.39. The van der Waals surface area contributed by atoms with E-state index in [1.54, 1.807) is 0 Å². The predicted octanol–water partition coefficient (Wildman–Crippen LogP) is 1.90. The number of hydrogen-bond donors (Lipinski definition) is 1. The van der Waals surface area contributed by atoms with Gasteiger partial charge in [0.15, 0.2) is 6.23 Å². The average Bonchev–Trinajstić information content (AvgIpc) is 2.71. The van der Waals surface area contributed by atoms with Gasteiger partial charge in [0.25, 0.3) is 10.1 Å². The molecule has 104 valence electrons. The van der Waals surface area contributed by atoms with Crippen molar-refractivity contribution in [3.63, 3.8) is 0 Å². The lowest BCUT2D eigenvalue weighted by Gasteiger charge is -2.13. The van der Waals surface area contributed by atoms with Crippen LogP contribution >= 0.6 is 0 Å². The van der Waals surface area contributed by atoms with Crippen molar-refractivity contribution in [2.75, 3.05) is 12.9 Å². The molecule has 0 spiro atoms. The second-order valence-electron chi connectivity index (χ2n) is 4.36. The third-order valence-corrected chi connectivity index (χ3v) is 3.37. The summed E-state index contributed by atoms with van der Waals surface area (Å²) in [4.78, 5) is 0. The van der Waals surface area contributed by atoms with Gasteiger partial charge in [-0.05, 0) is 6.92 Å². The van der Waals surface area contributed by atoms with Gasteiger partial charge in [0.05, 0.1) is 18.6 Å². The van der Waals surface area contributed by atoms with E-state index in [0.29, 0.717) is 6.42 Å². The highest BCUT2D eigenvalue weighted by molar-refractivity contribution is 7.85. The van der Waals surface area contributed by atoms with Crippen LogP contribution in [0, 0.1) is 0 Å². The Hall–Kier alpha value is -1.53. The number of ether oxygens (including phenoxy) is 1. The highest BCUT2D eigenvalue weighted by atomic mass is 32.2. The van der Waals surface area contributed by atoms with Crippen LogP contribution in [0.5, 0.6) is 0 Å². The van der Waals surface area contributed by atoms with Gasteiger partial charge in [-0.2, -0.15) is 8.42 Å². The molecule has 1 N–H and O–H groups in total. The number of nitrogens with one attached hydrogen (secondary N) is 1. The Morgan fingerprint density at radius 3 is 2.63 bits per heavy atom. The first-order valence-corrected chi connectivity index (χ1v) is 7.79. The van der Waals surface area contributed by atoms with E-state index >= 15 is 0 Å². The van der Waals surface area contributed by atoms with Crippen LogP contribution in [-0.2, 0) is 19.0 Å². The number of hydrogen-bond acceptors (Lipinski definition) is 5. The minimum Gasteiger partial charge on any atom is -0.469 e. The van der Waals surface area contributed by atoms with Crippen LogP contribution in [0.4, 0.5) is 0 Å². The normalized spacial score (nSPS) is 19.2. The van der Waals surface area contributed by atoms with E-state index in [4.69, 9.17) is 8.92 Å². The van der Waals surface area contributed by atoms with Gasteiger partial charge < -0.3 is 10.1 Å². The molecular formula is C13H17NO4S. The third kappa shape index (κ3) is 3.97. The fraction of sp³-hybridized carbons (Fsp3) is 0.385. The molecule has 6 heteroatoms. The molecule has 2 rings (SSSR count). The highest BCUT2D eigenvalue weighted by Gasteiger charge is 2.23. The lowest BCUT2D eigenvalue weighted by atomic mass is 10.2. The van der Waals surface area contributed by atoms with Crippen molar-refractivity contribution < 1.29 is 17.3 Å². The molecule has 0 bridgehead atoms. The number of benzene rings is 1. The zero-order valence-corrected chi connectivity index (χ0v) is 11.7. The van der Waals surface area contributed by atoms with Crippen molar-refractivity contribution in [2.24, 2.45) is 0 Å². The maximum atomic E-state index is 10.9. The third-order valence-electron chi connectivity index (χ3n) is 2.78. The first-order chi connectivity index (χ1) is 8.96. The first kappa shape index (κ1) is 13.9. The van der Waals surface area contributed by atoms with Crippen LogP contribution in [0.1, 0.15) is 25.1 Å². The Labute approximate surface area is 113 Å². The molecule has 1 heterocycles. The molecule has 0 radical (unpaired) electrons. The second-order valence-corrected chi connectivity index (χ2v) is 6.01. The molecule has 1 atom stereocenters. The van der Waals surface area contributed by atoms with Gasteiger partial charge in [-0.25, -0.2) is 0 Å². The summed E-state index contributed by atoms with van der Waals surface area (Å²) in [5.41, 5.74) is 1.90. The van der Waals surface area contributed by atoms with Crippen LogP contribution in [0.3, 0.4) is 0 Å². The molecule has 0 aliphatic carbocycles. The molecular weight excluding hydrogens is 266 g/mol. The molecule has 0 fully saturated rings. The van der Waals surface area contributed by atoms with Crippen molar-refractivity contribution in [2.45, 2.75) is 19.6 Å². The largest absolute Gasteiger partial charge is 0.469 e. The van der Waals surface area contributed by atoms with E-state index in [1.165, 1.54) is 0 Å². The van der Waals surface area contributed by atoms with Crippen molar-refractivity contribution in [1.29, 1.82) is 0 Å². The van der Waals surface area contributed by atoms with Crippen molar-refractivity contribution >= 4 is 10.1 Å². The lowest BCUT2D eigenvalue weighted by Crippen LogP contribution is -2.17. The van der Waals surface area contributed by atoms with Crippen LogP contribution < -0.4 is 5.32 Å². The molecule has 0 saturated heterocycles. The molecule has 0 amide bonds. The lowest BCUT2D eigenvalue weighted by molar-refractivity contribution is 0.130. The minimum absolute atomic E-state index is 0.114. The van der Waals surface area contributed by atoms with E-state index < -0.39 is 10.1 Å². The monoisotopic (exact) mass is 283 g/mol. The molecule has 5 nitrogen and oxygen atoms in total. The zero-order valence-electron chi connectivity index (χ0n) is 10.9. The molecule has 0 aromatic heterocycles. The molecule has 1 unspecified atom stereocenters. The van der Waals surface area contributed by atoms with Gasteiger partial charge in [0.1, 0.15) is 5.76 Å². The maximum Gasteiger partial charge on any atom is 0.264 e. The molecule has 1 aliphatic heterocycles. The first-order valence-electron chi connectivity index (χ1n) is 5.98. The average molecular weight is 283 g/mol. The van der Waals surface area contributed by atoms with E-state index in [1.807, 2.05) is 37.3 Å². The zero-order chi connectivity index (χ0) is 13.9. The summed E-state index contributed by atoms with van der Waals surface area (Å²) < 4.78 is 32.2. The minimum atomic E-state index is -3.39. The van der Waals surface area contributed by atoms with E-state index in [9.17, 15) is 8.42 Å². The summed E-state index contributed by atoms with van der Waals surface area (Å²) in [6, 6.07) is 9.78. The summed E-state index contributed by atoms with van der Waals surface area (Å²) in [6.07, 6.45) is 1.30. The van der Waals surface area contributed by atoms with Crippen LogP contribution in [-0.4, -0.2) is 21.3 Å². The molecule has 1 aromatic carbocycles. The van der Waals surface area contributed by atoms with Crippen molar-refractivity contribution in [1.82, 2.24) is 5.32 Å². The molecule has 0 saturated carbocycles. The van der Waals surface area contributed by atoms with Crippen molar-refractivity contribution in [3.8, 4) is 0 Å². The van der Waals surface area contributed by atoms with E-state index in [2.05, 4.69) is 5.32 Å². The molecule has 19 heavy (non-hydrogen) atoms. The SMILES string of the molecule is CC1=C(CCOS(C)(=O)=O)NC(c2ccccc2)O1. The van der Waals surface area contributed by atoms with Gasteiger partial charge in [0, 0.05) is 12.0 Å². The summed E-state index contributed by atoms with van der Waals surface area (Å²) >= 11 is 0. The van der Waals surface area contributed by atoms with Crippen LogP contribution in [0.15, 0.2) is 41.8 Å². The topological polar surface area (TPSA) is 64.6 Å². The standard InChI is InChI=1S/C13H17NO4S/c1-10-12(8-9-17-19(2,15)16)14-13(18-10)11-6-4-3-5-7-11/h3-7,13-14H,8-9H2,1-2H3. The quantitative estimate of drug-likeness (QED) is 0.836. The van der Waals surface area contributed by atoms with Gasteiger partial charge in [-0.3, -0.25) is 4.18 Å². The Balaban J connectivity index is 1.92. The van der Waals surface area contributed by atoms with Gasteiger partial charge in [0.2, 0.25) is 0 Å². The molecule has 1 aromatic rings. The predicted molar refractivity (Wildman–Crippen MR) is 71.5 cm³/mol. The highest BCUT2D eigenvalue weighted by Crippen LogP contribution is 2.27. The Kier molecular flexibility index (Phi) is 4.11. The van der Waals surface area contributed by atoms with Gasteiger partial charge in [-0.15, -0.1) is 0 Å². The van der Waals surface area contributed by atoms with Gasteiger partial charge >= 0.3 is 0 Å². The smallest absolute Gasteiger partial charge is 0.264 e. The maximum absolute atomic E-state index is 10.9. The number of allylic oxidation sites excluding steroid dienone is 1. The summed E-state index contributed by atoms with van der Waals surface area (Å²) in [5, 5.41) is 3.23. The van der Waals surface area contributed by atoms with E-state index in [0.717, 1.165) is 23.3 Å². The van der Waals surface area contributed by atoms with Crippen LogP contribution in [0.25, 0.3) is 0 Å². The fourth-order valence-electron chi connectivity index (χ4n) is 1.86. The molecule has 1 aliphatic rings. The fourth-order valence-corrected chi connectivity index (χ4v) is 2.25. The summed E-state index contributed by atoms with van der Waals surface area (Å²) in [5.74, 6) is 0.769. The van der Waals surface area contributed by atoms with Crippen LogP contribution in [0.2, 0.25) is 0 Å². The second kappa shape index (κ2) is 5.63.